The summed E-state index contributed by atoms with van der Waals surface area (Å²) < 4.78 is 42.1. The van der Waals surface area contributed by atoms with E-state index in [9.17, 15) is 18.0 Å². The van der Waals surface area contributed by atoms with Gasteiger partial charge in [0.15, 0.2) is 0 Å². The molecule has 6 nitrogen and oxygen atoms in total. The maximum Gasteiger partial charge on any atom is 0.341 e. The minimum atomic E-state index is -0.683. The molecule has 0 spiro atoms. The molecule has 0 aromatic heterocycles. The van der Waals surface area contributed by atoms with Gasteiger partial charge < -0.3 is 9.80 Å². The number of thiol groups is 1. The van der Waals surface area contributed by atoms with Crippen molar-refractivity contribution in [2.24, 2.45) is 10.1 Å². The Labute approximate surface area is 205 Å². The van der Waals surface area contributed by atoms with Gasteiger partial charge in [0.25, 0.3) is 0 Å². The van der Waals surface area contributed by atoms with E-state index in [1.165, 1.54) is 23.2 Å². The van der Waals surface area contributed by atoms with Gasteiger partial charge in [0.05, 0.1) is 11.4 Å². The minimum Gasteiger partial charge on any atom is -0.368 e. The quantitative estimate of drug-likeness (QED) is 0.494. The van der Waals surface area contributed by atoms with E-state index in [4.69, 9.17) is 0 Å². The van der Waals surface area contributed by atoms with E-state index in [2.05, 4.69) is 15.0 Å². The monoisotopic (exact) mass is 501 g/mol. The number of hydrogen-bond acceptors (Lipinski definition) is 4. The van der Waals surface area contributed by atoms with Crippen molar-refractivity contribution in [3.8, 4) is 0 Å². The first kappa shape index (κ1) is 23.6. The number of anilines is 1. The largest absolute Gasteiger partial charge is 0.368 e. The Bertz CT molecular complexity index is 1240. The molecule has 3 aliphatic rings. The molecule has 5 rings (SSSR count). The molecule has 0 bridgehead atoms. The van der Waals surface area contributed by atoms with Crippen molar-refractivity contribution in [2.75, 3.05) is 31.1 Å². The molecule has 3 aliphatic heterocycles. The van der Waals surface area contributed by atoms with Crippen LogP contribution in [-0.4, -0.2) is 64.3 Å². The van der Waals surface area contributed by atoms with Crippen molar-refractivity contribution < 1.29 is 18.0 Å². The number of aliphatic imine (C=N–C) groups is 1. The molecule has 0 radical (unpaired) electrons. The van der Waals surface area contributed by atoms with E-state index in [0.29, 0.717) is 43.7 Å². The third kappa shape index (κ3) is 4.71. The zero-order valence-electron chi connectivity index (χ0n) is 19.5. The molecule has 0 N–H and O–H groups in total. The molecule has 10 heteroatoms. The Kier molecular flexibility index (Phi) is 6.39. The lowest BCUT2D eigenvalue weighted by molar-refractivity contribution is 0.139. The smallest absolute Gasteiger partial charge is 0.341 e. The number of hydrogen-bond donors (Lipinski definition) is 1. The number of nitrogens with zero attached hydrogens (tertiary/aromatic N) is 5. The summed E-state index contributed by atoms with van der Waals surface area (Å²) in [5.41, 5.74) is 2.72. The maximum atomic E-state index is 14.6. The van der Waals surface area contributed by atoms with E-state index in [1.54, 1.807) is 17.2 Å². The zero-order valence-corrected chi connectivity index (χ0v) is 20.4. The highest BCUT2D eigenvalue weighted by atomic mass is 32.1. The van der Waals surface area contributed by atoms with Crippen LogP contribution in [-0.2, 0) is 0 Å². The number of urea groups is 1. The molecule has 2 aromatic carbocycles. The fourth-order valence-corrected chi connectivity index (χ4v) is 5.91. The van der Waals surface area contributed by atoms with E-state index in [0.717, 1.165) is 33.7 Å². The van der Waals surface area contributed by atoms with E-state index < -0.39 is 17.7 Å². The summed E-state index contributed by atoms with van der Waals surface area (Å²) in [6, 6.07) is 7.56. The Morgan fingerprint density at radius 2 is 1.74 bits per heavy atom. The Morgan fingerprint density at radius 1 is 1.03 bits per heavy atom. The van der Waals surface area contributed by atoms with Gasteiger partial charge in [-0.05, 0) is 49.7 Å². The van der Waals surface area contributed by atoms with Crippen LogP contribution in [0.15, 0.2) is 46.5 Å². The van der Waals surface area contributed by atoms with Crippen LogP contribution in [0.1, 0.15) is 37.4 Å². The second-order valence-corrected chi connectivity index (χ2v) is 10.3. The number of halogens is 3. The molecular weight excluding hydrogens is 475 g/mol. The fourth-order valence-electron chi connectivity index (χ4n) is 4.75. The van der Waals surface area contributed by atoms with Crippen LogP contribution < -0.4 is 4.90 Å². The topological polar surface area (TPSA) is 51.5 Å². The number of amides is 2. The van der Waals surface area contributed by atoms with Gasteiger partial charge in [0.1, 0.15) is 17.5 Å². The molecule has 35 heavy (non-hydrogen) atoms. The first-order valence-corrected chi connectivity index (χ1v) is 12.5. The summed E-state index contributed by atoms with van der Waals surface area (Å²) in [5, 5.41) is 5.62. The van der Waals surface area contributed by atoms with Gasteiger partial charge >= 0.3 is 6.03 Å². The van der Waals surface area contributed by atoms with Crippen molar-refractivity contribution in [3.63, 3.8) is 0 Å². The van der Waals surface area contributed by atoms with Crippen LogP contribution in [0, 0.1) is 17.5 Å². The molecule has 3 heterocycles. The minimum absolute atomic E-state index is 0.128. The molecular formula is C25H26F3N5OS. The Hall–Kier alpha value is -3.14. The van der Waals surface area contributed by atoms with Crippen LogP contribution in [0.3, 0.4) is 0 Å². The van der Waals surface area contributed by atoms with Gasteiger partial charge in [0.2, 0.25) is 0 Å². The number of carbonyl (C=O) groups is 1. The Morgan fingerprint density at radius 3 is 2.40 bits per heavy atom. The summed E-state index contributed by atoms with van der Waals surface area (Å²) in [5.74, 6) is -1.63. The van der Waals surface area contributed by atoms with Crippen LogP contribution in [0.4, 0.5) is 23.7 Å². The predicted octanol–water partition coefficient (Wildman–Crippen LogP) is 4.59. The summed E-state index contributed by atoms with van der Waals surface area (Å²) in [6.45, 7) is 5.97. The summed E-state index contributed by atoms with van der Waals surface area (Å²) >= 11 is 0.999. The zero-order chi connectivity index (χ0) is 24.7. The highest BCUT2D eigenvalue weighted by molar-refractivity contribution is 8.01. The average molecular weight is 502 g/mol. The van der Waals surface area contributed by atoms with Gasteiger partial charge in [-0.25, -0.2) is 23.0 Å². The summed E-state index contributed by atoms with van der Waals surface area (Å²) in [6.07, 6.45) is 1.99. The highest BCUT2D eigenvalue weighted by Gasteiger charge is 2.33. The van der Waals surface area contributed by atoms with Gasteiger partial charge in [-0.2, -0.15) is 16.5 Å². The lowest BCUT2D eigenvalue weighted by Crippen LogP contribution is -2.52. The molecule has 1 saturated heterocycles. The molecule has 184 valence electrons. The number of benzene rings is 2. The molecule has 0 saturated carbocycles. The third-order valence-electron chi connectivity index (χ3n) is 6.46. The molecule has 2 aromatic rings. The first-order chi connectivity index (χ1) is 16.8. The lowest BCUT2D eigenvalue weighted by Gasteiger charge is -2.38. The van der Waals surface area contributed by atoms with Gasteiger partial charge in [-0.1, -0.05) is 0 Å². The Balaban J connectivity index is 1.27. The SMILES string of the molecule is CC1=NC(C)[SH]=C1c1cc(N2CCN(C(=O)N3N=CC[C@H]3c3cc(F)cc(F)c3)CC2)ccc1F. The number of rotatable bonds is 3. The second-order valence-electron chi connectivity index (χ2n) is 8.84. The maximum absolute atomic E-state index is 14.6. The lowest BCUT2D eigenvalue weighted by atomic mass is 10.0. The third-order valence-corrected chi connectivity index (χ3v) is 7.77. The molecule has 0 aliphatic carbocycles. The van der Waals surface area contributed by atoms with Gasteiger partial charge in [-0.15, -0.1) is 0 Å². The molecule has 2 amide bonds. The van der Waals surface area contributed by atoms with Gasteiger partial charge in [-0.3, -0.25) is 4.99 Å². The van der Waals surface area contributed by atoms with Crippen LogP contribution in [0.5, 0.6) is 0 Å². The van der Waals surface area contributed by atoms with Crippen LogP contribution >= 0.6 is 11.4 Å². The summed E-state index contributed by atoms with van der Waals surface area (Å²) in [7, 11) is 0. The van der Waals surface area contributed by atoms with E-state index >= 15 is 0 Å². The van der Waals surface area contributed by atoms with Gasteiger partial charge in [0, 0.05) is 66.7 Å². The van der Waals surface area contributed by atoms with Crippen molar-refractivity contribution in [1.29, 1.82) is 0 Å². The average Bonchev–Trinajstić information content (AvgIpc) is 3.44. The fraction of sp³-hybridized carbons (Fsp3) is 0.360. The number of piperazine rings is 1. The van der Waals surface area contributed by atoms with Crippen molar-refractivity contribution >= 4 is 39.9 Å². The van der Waals surface area contributed by atoms with Crippen molar-refractivity contribution in [1.82, 2.24) is 9.91 Å². The normalized spacial score (nSPS) is 22.3. The van der Waals surface area contributed by atoms with Crippen LogP contribution in [0.25, 0.3) is 0 Å². The van der Waals surface area contributed by atoms with Crippen molar-refractivity contribution in [3.05, 3.63) is 65.0 Å². The number of hydrazone groups is 1. The summed E-state index contributed by atoms with van der Waals surface area (Å²) in [4.78, 5) is 22.5. The highest BCUT2D eigenvalue weighted by Crippen LogP contribution is 2.31. The molecule has 1 fully saturated rings. The van der Waals surface area contributed by atoms with Crippen molar-refractivity contribution in [2.45, 2.75) is 31.7 Å². The van der Waals surface area contributed by atoms with E-state index in [1.807, 2.05) is 19.9 Å². The predicted molar refractivity (Wildman–Crippen MR) is 135 cm³/mol. The van der Waals surface area contributed by atoms with Crippen LogP contribution in [0.2, 0.25) is 0 Å². The number of carbonyl (C=O) groups excluding carboxylic acids is 1. The first-order valence-electron chi connectivity index (χ1n) is 11.5. The van der Waals surface area contributed by atoms with E-state index in [-0.39, 0.29) is 17.2 Å². The molecule has 2 atom stereocenters. The molecule has 1 unspecified atom stereocenters. The standard InChI is InChI=1S/C25H26F3N5OS/c1-15-24(35-16(2)30-15)21-14-20(3-4-22(21)28)31-7-9-32(10-8-31)25(34)33-23(5-6-29-33)17-11-18(26)13-19(27)12-17/h3-4,6,11-14,16,23,35H,5,7-10H2,1-2H3/t16?,23-/m0/s1. The second kappa shape index (κ2) is 9.49.